The Balaban J connectivity index is 0.00000361. The number of hydrogen-bond donors (Lipinski definition) is 1. The number of esters is 1. The van der Waals surface area contributed by atoms with Crippen LogP contribution in [0.15, 0.2) is 30.3 Å². The molecule has 0 heterocycles. The summed E-state index contributed by atoms with van der Waals surface area (Å²) < 4.78 is 36.6. The molecule has 0 aromatic heterocycles. The Morgan fingerprint density at radius 3 is 2.25 bits per heavy atom. The molecule has 0 saturated carbocycles. The molecule has 0 amide bonds. The van der Waals surface area contributed by atoms with Crippen molar-refractivity contribution in [3.63, 3.8) is 0 Å². The molecule has 1 unspecified atom stereocenters. The van der Waals surface area contributed by atoms with Gasteiger partial charge in [0, 0.05) is 0 Å². The first-order chi connectivity index (χ1) is 8.80. The summed E-state index contributed by atoms with van der Waals surface area (Å²) in [6.07, 6.45) is -1.01. The molecule has 1 atom stereocenters. The predicted molar refractivity (Wildman–Crippen MR) is 62.0 cm³/mol. The zero-order valence-electron chi connectivity index (χ0n) is 10.7. The second kappa shape index (κ2) is 8.38. The van der Waals surface area contributed by atoms with E-state index in [0.717, 1.165) is 0 Å². The molecule has 9 heteroatoms. The zero-order chi connectivity index (χ0) is 14.5. The predicted octanol–water partition coefficient (Wildman–Crippen LogP) is -2.88. The third-order valence-corrected chi connectivity index (χ3v) is 3.28. The third kappa shape index (κ3) is 6.49. The topological polar surface area (TPSA) is 121 Å². The molecule has 0 aliphatic rings. The molecule has 0 spiro atoms. The summed E-state index contributed by atoms with van der Waals surface area (Å²) in [5, 5.41) is 6.23. The molecule has 104 valence electrons. The average Bonchev–Trinajstić information content (AvgIpc) is 2.33. The quantitative estimate of drug-likeness (QED) is 0.340. The van der Waals surface area contributed by atoms with Gasteiger partial charge >= 0.3 is 41.5 Å². The normalized spacial score (nSPS) is 12.1. The van der Waals surface area contributed by atoms with Crippen LogP contribution in [0.1, 0.15) is 12.0 Å². The molecule has 0 radical (unpaired) electrons. The zero-order valence-corrected chi connectivity index (χ0v) is 13.5. The van der Waals surface area contributed by atoms with Crippen molar-refractivity contribution in [1.29, 1.82) is 0 Å². The molecule has 20 heavy (non-hydrogen) atoms. The smallest absolute Gasteiger partial charge is 0.747 e. The van der Waals surface area contributed by atoms with Crippen molar-refractivity contribution in [3.05, 3.63) is 35.9 Å². The van der Waals surface area contributed by atoms with Gasteiger partial charge in [-0.25, -0.2) is 8.42 Å². The molecule has 0 aliphatic carbocycles. The van der Waals surface area contributed by atoms with Crippen molar-refractivity contribution in [2.45, 2.75) is 18.3 Å². The third-order valence-electron chi connectivity index (χ3n) is 2.22. The van der Waals surface area contributed by atoms with E-state index in [9.17, 15) is 22.6 Å². The molecule has 1 aromatic rings. The molecule has 1 aromatic carbocycles. The van der Waals surface area contributed by atoms with Crippen molar-refractivity contribution in [2.24, 2.45) is 0 Å². The number of carbonyl (C=O) groups excluding carboxylic acids is 1. The molecular formula is C11H11NaO7S. The fourth-order valence-electron chi connectivity index (χ4n) is 1.26. The molecule has 1 N–H and O–H groups in total. The van der Waals surface area contributed by atoms with Crippen LogP contribution in [0.3, 0.4) is 0 Å². The maximum atomic E-state index is 11.3. The Labute approximate surface area is 138 Å². The number of carboxylic acids is 1. The van der Waals surface area contributed by atoms with Gasteiger partial charge in [0.15, 0.2) is 5.25 Å². The Kier molecular flexibility index (Phi) is 7.99. The molecular weight excluding hydrogens is 299 g/mol. The van der Waals surface area contributed by atoms with Gasteiger partial charge in [-0.05, 0) is 5.56 Å². The largest absolute Gasteiger partial charge is 1.00 e. The second-order valence-corrected chi connectivity index (χ2v) is 5.22. The summed E-state index contributed by atoms with van der Waals surface area (Å²) in [5.74, 6) is -2.93. The first-order valence-electron chi connectivity index (χ1n) is 5.18. The number of hydrogen-bond acceptors (Lipinski definition) is 6. The summed E-state index contributed by atoms with van der Waals surface area (Å²) in [6.45, 7) is -0.120. The standard InChI is InChI=1S/C11H12O7S.Na/c12-10(6-9(11(13)14)19(15,16)17)18-7-8-4-2-1-3-5-8;/h1-5,9H,6-7H2,(H,13,14)(H,15,16,17);/q;+1/p-1. The molecule has 7 nitrogen and oxygen atoms in total. The Bertz CT molecular complexity index is 555. The number of benzene rings is 1. The molecule has 0 saturated heterocycles. The van der Waals surface area contributed by atoms with Crippen LogP contribution in [0.2, 0.25) is 0 Å². The summed E-state index contributed by atoms with van der Waals surface area (Å²) in [7, 11) is -5.09. The van der Waals surface area contributed by atoms with Gasteiger partial charge in [0.2, 0.25) is 0 Å². The van der Waals surface area contributed by atoms with Crippen LogP contribution in [-0.4, -0.2) is 35.3 Å². The van der Waals surface area contributed by atoms with Crippen molar-refractivity contribution < 1.29 is 62.0 Å². The van der Waals surface area contributed by atoms with Crippen molar-refractivity contribution in [3.8, 4) is 0 Å². The van der Waals surface area contributed by atoms with Crippen molar-refractivity contribution >= 4 is 22.1 Å². The van der Waals surface area contributed by atoms with Gasteiger partial charge < -0.3 is 14.4 Å². The Hall–Kier alpha value is -0.930. The van der Waals surface area contributed by atoms with E-state index in [2.05, 4.69) is 0 Å². The maximum Gasteiger partial charge on any atom is 1.00 e. The van der Waals surface area contributed by atoms with Gasteiger partial charge in [0.1, 0.15) is 16.7 Å². The van der Waals surface area contributed by atoms with Crippen LogP contribution in [0.5, 0.6) is 0 Å². The summed E-state index contributed by atoms with van der Waals surface area (Å²) in [6, 6.07) is 8.53. The van der Waals surface area contributed by atoms with E-state index in [4.69, 9.17) is 9.84 Å². The van der Waals surface area contributed by atoms with Crippen molar-refractivity contribution in [1.82, 2.24) is 0 Å². The SMILES string of the molecule is O=C(CC(C(=O)O)S(=O)(=O)[O-])OCc1ccccc1.[Na+]. The van der Waals surface area contributed by atoms with Gasteiger partial charge in [-0.2, -0.15) is 0 Å². The Morgan fingerprint density at radius 2 is 1.80 bits per heavy atom. The van der Waals surface area contributed by atoms with Crippen LogP contribution >= 0.6 is 0 Å². The number of carboxylic acid groups (broad SMARTS) is 1. The summed E-state index contributed by atoms with van der Waals surface area (Å²) in [5.41, 5.74) is 0.660. The fraction of sp³-hybridized carbons (Fsp3) is 0.273. The molecule has 0 bridgehead atoms. The van der Waals surface area contributed by atoms with E-state index in [1.165, 1.54) is 0 Å². The number of aliphatic carboxylic acids is 1. The van der Waals surface area contributed by atoms with Gasteiger partial charge in [-0.15, -0.1) is 0 Å². The Morgan fingerprint density at radius 1 is 1.25 bits per heavy atom. The molecule has 0 fully saturated rings. The van der Waals surface area contributed by atoms with E-state index in [1.807, 2.05) is 0 Å². The van der Waals surface area contributed by atoms with Crippen molar-refractivity contribution in [2.75, 3.05) is 0 Å². The van der Waals surface area contributed by atoms with Crippen LogP contribution in [0.25, 0.3) is 0 Å². The van der Waals surface area contributed by atoms with E-state index in [-0.39, 0.29) is 36.2 Å². The monoisotopic (exact) mass is 310 g/mol. The van der Waals surface area contributed by atoms with Gasteiger partial charge in [-0.3, -0.25) is 9.59 Å². The average molecular weight is 310 g/mol. The van der Waals surface area contributed by atoms with Crippen LogP contribution in [0, 0.1) is 0 Å². The maximum absolute atomic E-state index is 11.3. The van der Waals surface area contributed by atoms with Gasteiger partial charge in [0.05, 0.1) is 6.42 Å². The number of ether oxygens (including phenoxy) is 1. The van der Waals surface area contributed by atoms with Crippen LogP contribution in [0.4, 0.5) is 0 Å². The minimum atomic E-state index is -5.09. The van der Waals surface area contributed by atoms with E-state index >= 15 is 0 Å². The first-order valence-corrected chi connectivity index (χ1v) is 6.65. The summed E-state index contributed by atoms with van der Waals surface area (Å²) >= 11 is 0. The number of rotatable bonds is 6. The number of carbonyl (C=O) groups is 2. The molecule has 1 rings (SSSR count). The second-order valence-electron chi connectivity index (χ2n) is 3.67. The molecule has 0 aliphatic heterocycles. The minimum Gasteiger partial charge on any atom is -0.747 e. The van der Waals surface area contributed by atoms with Gasteiger partial charge in [-0.1, -0.05) is 30.3 Å². The van der Waals surface area contributed by atoms with E-state index in [1.54, 1.807) is 30.3 Å². The first kappa shape index (κ1) is 19.1. The minimum absolute atomic E-state index is 0. The van der Waals surface area contributed by atoms with E-state index < -0.39 is 33.7 Å². The van der Waals surface area contributed by atoms with Crippen LogP contribution in [-0.2, 0) is 31.1 Å². The fourth-order valence-corrected chi connectivity index (χ4v) is 1.85. The van der Waals surface area contributed by atoms with Gasteiger partial charge in [0.25, 0.3) is 0 Å². The van der Waals surface area contributed by atoms with Crippen LogP contribution < -0.4 is 29.6 Å². The van der Waals surface area contributed by atoms with E-state index in [0.29, 0.717) is 5.56 Å². The summed E-state index contributed by atoms with van der Waals surface area (Å²) in [4.78, 5) is 21.9.